The lowest BCUT2D eigenvalue weighted by Gasteiger charge is -2.09. The Morgan fingerprint density at radius 3 is 0.900 bits per heavy atom. The van der Waals surface area contributed by atoms with Gasteiger partial charge in [-0.25, -0.2) is 4.98 Å². The molecule has 6 rings (SSSR count). The van der Waals surface area contributed by atoms with Gasteiger partial charge in [0.15, 0.2) is 0 Å². The summed E-state index contributed by atoms with van der Waals surface area (Å²) in [5, 5.41) is 3.42. The van der Waals surface area contributed by atoms with Crippen molar-refractivity contribution in [1.29, 1.82) is 0 Å². The molecule has 3 aromatic carbocycles. The van der Waals surface area contributed by atoms with E-state index in [1.54, 1.807) is 22.9 Å². The fourth-order valence-corrected chi connectivity index (χ4v) is 8.45. The number of benzene rings is 3. The molecule has 0 N–H and O–H groups in total. The predicted molar refractivity (Wildman–Crippen MR) is 317 cm³/mol. The lowest BCUT2D eigenvalue weighted by atomic mass is 9.96. The van der Waals surface area contributed by atoms with E-state index in [0.717, 1.165) is 0 Å². The van der Waals surface area contributed by atoms with Gasteiger partial charge >= 0.3 is 0 Å². The van der Waals surface area contributed by atoms with Crippen LogP contribution < -0.4 is 0 Å². The Morgan fingerprint density at radius 1 is 0.314 bits per heavy atom. The van der Waals surface area contributed by atoms with Crippen molar-refractivity contribution in [2.24, 2.45) is 0 Å². The van der Waals surface area contributed by atoms with Gasteiger partial charge < -0.3 is 0 Å². The predicted octanol–water partition coefficient (Wildman–Crippen LogP) is 21.9. The summed E-state index contributed by atoms with van der Waals surface area (Å²) >= 11 is 3.41. The highest BCUT2D eigenvalue weighted by atomic mass is 32.1. The van der Waals surface area contributed by atoms with Crippen LogP contribution in [0.25, 0.3) is 0 Å². The molecule has 0 amide bonds. The molecule has 0 aliphatic heterocycles. The second kappa shape index (κ2) is 32.9. The van der Waals surface area contributed by atoms with Gasteiger partial charge in [0, 0.05) is 28.1 Å². The molecule has 0 saturated carbocycles. The average Bonchev–Trinajstić information content (AvgIpc) is 4.03. The van der Waals surface area contributed by atoms with Gasteiger partial charge in [0.1, 0.15) is 0 Å². The SMILES string of the molecule is CC(C)c1cc(C(C)C)sn1.CC(C)c1ccc(C(C)C)cc1.CC(C)c1ccc(C(C)C)nc1.CC(C)c1cccc(C(C)C)c1.CC(C)c1cccc(C(C)C)c1.CC(C)c1csc(C(C)C)n1. The number of hydrogen-bond acceptors (Lipinski definition) is 5. The maximum Gasteiger partial charge on any atom is 0.0953 e. The van der Waals surface area contributed by atoms with Crippen molar-refractivity contribution in [3.05, 3.63) is 168 Å². The zero-order chi connectivity index (χ0) is 53.4. The molecule has 6 aromatic rings. The Hall–Kier alpha value is -3.93. The Labute approximate surface area is 440 Å². The Balaban J connectivity index is 0.000000420. The number of nitrogens with zero attached hydrogens (tertiary/aromatic N) is 3. The summed E-state index contributed by atoms with van der Waals surface area (Å²) in [4.78, 5) is 10.3. The molecule has 70 heavy (non-hydrogen) atoms. The normalized spacial score (nSPS) is 11.3. The largest absolute Gasteiger partial charge is 0.261 e. The summed E-state index contributed by atoms with van der Waals surface area (Å²) in [6.07, 6.45) is 1.99. The van der Waals surface area contributed by atoms with Crippen LogP contribution in [0.4, 0.5) is 0 Å². The van der Waals surface area contributed by atoms with Crippen molar-refractivity contribution in [2.45, 2.75) is 237 Å². The van der Waals surface area contributed by atoms with E-state index in [1.165, 1.54) is 65.9 Å². The molecule has 3 nitrogen and oxygen atoms in total. The smallest absolute Gasteiger partial charge is 0.0953 e. The molecular formula is C65H101N3S2. The van der Waals surface area contributed by atoms with E-state index in [2.05, 4.69) is 277 Å². The fourth-order valence-electron chi connectivity index (χ4n) is 6.60. The van der Waals surface area contributed by atoms with Crippen molar-refractivity contribution in [3.8, 4) is 0 Å². The summed E-state index contributed by atoms with van der Waals surface area (Å²) in [5.41, 5.74) is 13.6. The number of thiazole rings is 1. The monoisotopic (exact) mass is 988 g/mol. The lowest BCUT2D eigenvalue weighted by Crippen LogP contribution is -1.94. The minimum atomic E-state index is 0.534. The Morgan fingerprint density at radius 2 is 0.671 bits per heavy atom. The summed E-state index contributed by atoms with van der Waals surface area (Å²) in [7, 11) is 0. The van der Waals surface area contributed by atoms with E-state index in [0.29, 0.717) is 71.0 Å². The molecule has 0 radical (unpaired) electrons. The molecule has 0 unspecified atom stereocenters. The summed E-state index contributed by atoms with van der Waals surface area (Å²) in [6, 6.07) is 33.2. The van der Waals surface area contributed by atoms with Gasteiger partial charge in [0.05, 0.1) is 16.4 Å². The van der Waals surface area contributed by atoms with E-state index in [9.17, 15) is 0 Å². The molecule has 388 valence electrons. The van der Waals surface area contributed by atoms with Crippen LogP contribution in [0.15, 0.2) is 103 Å². The second-order valence-corrected chi connectivity index (χ2v) is 24.4. The highest BCUT2D eigenvalue weighted by Crippen LogP contribution is 2.26. The molecule has 3 aromatic heterocycles. The second-order valence-electron chi connectivity index (χ2n) is 22.6. The Kier molecular flexibility index (Phi) is 30.1. The van der Waals surface area contributed by atoms with Crippen molar-refractivity contribution >= 4 is 22.9 Å². The maximum absolute atomic E-state index is 4.53. The van der Waals surface area contributed by atoms with Gasteiger partial charge in [0.25, 0.3) is 0 Å². The van der Waals surface area contributed by atoms with Gasteiger partial charge in [-0.2, -0.15) is 4.37 Å². The average molecular weight is 989 g/mol. The van der Waals surface area contributed by atoms with Crippen LogP contribution in [0.3, 0.4) is 0 Å². The zero-order valence-electron chi connectivity index (χ0n) is 48.9. The van der Waals surface area contributed by atoms with Crippen molar-refractivity contribution in [1.82, 2.24) is 14.3 Å². The minimum absolute atomic E-state index is 0.534. The standard InChI is InChI=1S/3C12H18.C11H17N.2C9H15NS/c1-9(2)11-5-7-12(8-6-11)10(3)4;2*1-9(2)11-6-5-7-12(8-11)10(3)4;1-8(2)10-5-6-11(9(3)4)12-7-10;1-6(2)8-5-11-9(10-8)7(3)4;1-6(2)8-5-9(7(3)4)11-10-8/h3*5-10H,1-4H3;5-9H,1-4H3;2*5-7H,1-4H3. The van der Waals surface area contributed by atoms with E-state index in [-0.39, 0.29) is 0 Å². The van der Waals surface area contributed by atoms with E-state index >= 15 is 0 Å². The van der Waals surface area contributed by atoms with Gasteiger partial charge in [-0.05, 0) is 128 Å². The number of aromatic nitrogens is 3. The van der Waals surface area contributed by atoms with Gasteiger partial charge in [-0.1, -0.05) is 245 Å². The highest BCUT2D eigenvalue weighted by Gasteiger charge is 2.10. The zero-order valence-corrected chi connectivity index (χ0v) is 50.5. The van der Waals surface area contributed by atoms with Gasteiger partial charge in [0.2, 0.25) is 0 Å². The summed E-state index contributed by atoms with van der Waals surface area (Å²) in [6.45, 7) is 53.0. The molecule has 0 bridgehead atoms. The van der Waals surface area contributed by atoms with Crippen molar-refractivity contribution < 1.29 is 0 Å². The Bertz CT molecular complexity index is 1940. The van der Waals surface area contributed by atoms with Crippen LogP contribution in [-0.4, -0.2) is 14.3 Å². The quantitative estimate of drug-likeness (QED) is 0.123. The first-order valence-electron chi connectivity index (χ1n) is 26.8. The van der Waals surface area contributed by atoms with Crippen LogP contribution in [0, 0.1) is 0 Å². The molecule has 0 spiro atoms. The van der Waals surface area contributed by atoms with Crippen LogP contribution in [-0.2, 0) is 0 Å². The minimum Gasteiger partial charge on any atom is -0.261 e. The fraction of sp³-hybridized carbons (Fsp3) is 0.554. The van der Waals surface area contributed by atoms with Crippen LogP contribution in [0.2, 0.25) is 0 Å². The number of rotatable bonds is 12. The number of pyridine rings is 1. The highest BCUT2D eigenvalue weighted by molar-refractivity contribution is 7.09. The molecule has 3 heterocycles. The first kappa shape index (κ1) is 64.1. The third-order valence-corrected chi connectivity index (χ3v) is 14.4. The third kappa shape index (κ3) is 24.5. The first-order valence-corrected chi connectivity index (χ1v) is 28.5. The van der Waals surface area contributed by atoms with Crippen molar-refractivity contribution in [3.63, 3.8) is 0 Å². The first-order chi connectivity index (χ1) is 32.7. The number of hydrogen-bond donors (Lipinski definition) is 0. The molecule has 0 fully saturated rings. The molecular weight excluding hydrogens is 887 g/mol. The molecule has 0 aliphatic carbocycles. The third-order valence-electron chi connectivity index (χ3n) is 12.2. The van der Waals surface area contributed by atoms with E-state index in [1.807, 2.05) is 6.20 Å². The molecule has 0 aliphatic rings. The van der Waals surface area contributed by atoms with Gasteiger partial charge in [-0.15, -0.1) is 11.3 Å². The molecule has 0 atom stereocenters. The van der Waals surface area contributed by atoms with Crippen LogP contribution in [0.1, 0.15) is 303 Å². The van der Waals surface area contributed by atoms with Crippen LogP contribution in [0.5, 0.6) is 0 Å². The van der Waals surface area contributed by atoms with E-state index < -0.39 is 0 Å². The summed E-state index contributed by atoms with van der Waals surface area (Å²) < 4.78 is 4.38. The van der Waals surface area contributed by atoms with Gasteiger partial charge in [-0.3, -0.25) is 4.98 Å². The van der Waals surface area contributed by atoms with Crippen LogP contribution >= 0.6 is 22.9 Å². The lowest BCUT2D eigenvalue weighted by molar-refractivity contribution is 0.793. The topological polar surface area (TPSA) is 38.7 Å². The van der Waals surface area contributed by atoms with E-state index in [4.69, 9.17) is 0 Å². The summed E-state index contributed by atoms with van der Waals surface area (Å²) in [5.74, 6) is 7.31. The maximum atomic E-state index is 4.53. The molecule has 5 heteroatoms. The molecule has 0 saturated heterocycles. The van der Waals surface area contributed by atoms with Crippen molar-refractivity contribution in [2.75, 3.05) is 0 Å².